The molecule has 0 bridgehead atoms. The van der Waals surface area contributed by atoms with Crippen LogP contribution in [0.25, 0.3) is 0 Å². The number of methoxy groups -OCH3 is 1. The Morgan fingerprint density at radius 2 is 2.25 bits per heavy atom. The van der Waals surface area contributed by atoms with E-state index >= 15 is 0 Å². The lowest BCUT2D eigenvalue weighted by molar-refractivity contribution is -0.135. The Bertz CT molecular complexity index is 240. The van der Waals surface area contributed by atoms with Gasteiger partial charge in [-0.05, 0) is 6.92 Å². The number of nitriles is 1. The molecule has 0 amide bonds. The van der Waals surface area contributed by atoms with Crippen LogP contribution in [0.2, 0.25) is 0 Å². The second-order valence-corrected chi connectivity index (χ2v) is 1.78. The molecule has 12 heavy (non-hydrogen) atoms. The lowest BCUT2D eigenvalue weighted by atomic mass is 10.3. The van der Waals surface area contributed by atoms with Crippen LogP contribution in [-0.4, -0.2) is 19.7 Å². The summed E-state index contributed by atoms with van der Waals surface area (Å²) in [7, 11) is 1.17. The second-order valence-electron chi connectivity index (χ2n) is 1.78. The molecule has 0 saturated heterocycles. The molecule has 2 N–H and O–H groups in total. The monoisotopic (exact) mass is 170 g/mol. The number of ether oxygens (including phenoxy) is 2. The van der Waals surface area contributed by atoms with Gasteiger partial charge in [0.15, 0.2) is 5.57 Å². The van der Waals surface area contributed by atoms with Crippen molar-refractivity contribution in [3.8, 4) is 6.07 Å². The molecule has 0 unspecified atom stereocenters. The molecule has 0 aromatic carbocycles. The van der Waals surface area contributed by atoms with E-state index < -0.39 is 5.97 Å². The van der Waals surface area contributed by atoms with Crippen LogP contribution in [0.3, 0.4) is 0 Å². The number of carbonyl (C=O) groups excluding carboxylic acids is 1. The van der Waals surface area contributed by atoms with E-state index in [0.29, 0.717) is 6.61 Å². The summed E-state index contributed by atoms with van der Waals surface area (Å²) in [5.74, 6) is -0.990. The predicted molar refractivity (Wildman–Crippen MR) is 40.5 cm³/mol. The van der Waals surface area contributed by atoms with Crippen LogP contribution in [0.4, 0.5) is 0 Å². The maximum absolute atomic E-state index is 10.8. The van der Waals surface area contributed by atoms with E-state index in [1.54, 1.807) is 13.0 Å². The van der Waals surface area contributed by atoms with Gasteiger partial charge in [-0.15, -0.1) is 0 Å². The molecule has 0 aromatic heterocycles. The molecule has 0 atom stereocenters. The first-order valence-electron chi connectivity index (χ1n) is 3.28. The first kappa shape index (κ1) is 10.3. The van der Waals surface area contributed by atoms with Gasteiger partial charge in [0.1, 0.15) is 6.07 Å². The van der Waals surface area contributed by atoms with E-state index in [4.69, 9.17) is 15.7 Å². The molecule has 0 saturated carbocycles. The highest BCUT2D eigenvalue weighted by Crippen LogP contribution is 2.01. The number of nitrogens with two attached hydrogens (primary N) is 1. The van der Waals surface area contributed by atoms with E-state index in [2.05, 4.69) is 4.74 Å². The molecular formula is C7H10N2O3. The van der Waals surface area contributed by atoms with Crippen molar-refractivity contribution < 1.29 is 14.3 Å². The highest BCUT2D eigenvalue weighted by atomic mass is 16.5. The third kappa shape index (κ3) is 2.50. The summed E-state index contributed by atoms with van der Waals surface area (Å²) in [4.78, 5) is 10.8. The molecule has 0 heterocycles. The van der Waals surface area contributed by atoms with Crippen molar-refractivity contribution in [2.75, 3.05) is 13.7 Å². The lowest BCUT2D eigenvalue weighted by Crippen LogP contribution is -2.13. The Hall–Kier alpha value is -1.70. The zero-order valence-electron chi connectivity index (χ0n) is 6.96. The summed E-state index contributed by atoms with van der Waals surface area (Å²) in [6, 6.07) is 1.59. The smallest absolute Gasteiger partial charge is 0.354 e. The summed E-state index contributed by atoms with van der Waals surface area (Å²) in [5.41, 5.74) is 4.94. The zero-order chi connectivity index (χ0) is 9.56. The second kappa shape index (κ2) is 5.02. The standard InChI is InChI=1S/C7H10N2O3/c1-3-12-6(9)5(4-8)7(10)11-2/h3,9H2,1-2H3/b6-5+. The van der Waals surface area contributed by atoms with Gasteiger partial charge in [-0.1, -0.05) is 0 Å². The third-order valence-corrected chi connectivity index (χ3v) is 1.05. The minimum absolute atomic E-state index is 0.202. The molecule has 0 aromatic rings. The fraction of sp³-hybridized carbons (Fsp3) is 0.429. The van der Waals surface area contributed by atoms with Crippen molar-refractivity contribution in [2.45, 2.75) is 6.92 Å². The fourth-order valence-corrected chi connectivity index (χ4v) is 0.531. The van der Waals surface area contributed by atoms with E-state index in [9.17, 15) is 4.79 Å². The number of esters is 1. The van der Waals surface area contributed by atoms with Gasteiger partial charge in [0, 0.05) is 0 Å². The molecule has 0 radical (unpaired) electrons. The summed E-state index contributed by atoms with van der Waals surface area (Å²) in [5, 5.41) is 8.46. The van der Waals surface area contributed by atoms with Crippen LogP contribution in [0.1, 0.15) is 6.92 Å². The number of rotatable bonds is 3. The Balaban J connectivity index is 4.64. The van der Waals surface area contributed by atoms with Crippen LogP contribution in [0, 0.1) is 11.3 Å². The molecule has 5 heteroatoms. The minimum atomic E-state index is -0.788. The molecule has 5 nitrogen and oxygen atoms in total. The zero-order valence-corrected chi connectivity index (χ0v) is 6.96. The number of hydrogen-bond donors (Lipinski definition) is 1. The van der Waals surface area contributed by atoms with Crippen LogP contribution in [0.15, 0.2) is 11.5 Å². The molecule has 0 rings (SSSR count). The van der Waals surface area contributed by atoms with Gasteiger partial charge in [0.25, 0.3) is 0 Å². The molecule has 0 fully saturated rings. The van der Waals surface area contributed by atoms with Gasteiger partial charge < -0.3 is 15.2 Å². The first-order valence-corrected chi connectivity index (χ1v) is 3.28. The fourth-order valence-electron chi connectivity index (χ4n) is 0.531. The number of nitrogens with zero attached hydrogens (tertiary/aromatic N) is 1. The Kier molecular flexibility index (Phi) is 4.31. The Morgan fingerprint density at radius 3 is 2.58 bits per heavy atom. The van der Waals surface area contributed by atoms with Crippen LogP contribution >= 0.6 is 0 Å². The van der Waals surface area contributed by atoms with Gasteiger partial charge in [0.05, 0.1) is 13.7 Å². The third-order valence-electron chi connectivity index (χ3n) is 1.05. The van der Waals surface area contributed by atoms with Crippen molar-refractivity contribution in [1.29, 1.82) is 5.26 Å². The molecule has 0 aliphatic rings. The van der Waals surface area contributed by atoms with Crippen LogP contribution in [0.5, 0.6) is 0 Å². The van der Waals surface area contributed by atoms with E-state index in [0.717, 1.165) is 0 Å². The molecule has 0 aliphatic carbocycles. The topological polar surface area (TPSA) is 85.3 Å². The molecule has 66 valence electrons. The van der Waals surface area contributed by atoms with Gasteiger partial charge in [-0.2, -0.15) is 5.26 Å². The van der Waals surface area contributed by atoms with Crippen LogP contribution < -0.4 is 5.73 Å². The summed E-state index contributed by atoms with van der Waals surface area (Å²) in [6.45, 7) is 1.99. The summed E-state index contributed by atoms with van der Waals surface area (Å²) >= 11 is 0. The van der Waals surface area contributed by atoms with Crippen LogP contribution in [-0.2, 0) is 14.3 Å². The van der Waals surface area contributed by atoms with E-state index in [1.807, 2.05) is 0 Å². The van der Waals surface area contributed by atoms with Crippen molar-refractivity contribution in [2.24, 2.45) is 5.73 Å². The van der Waals surface area contributed by atoms with Crippen molar-refractivity contribution in [3.63, 3.8) is 0 Å². The quantitative estimate of drug-likeness (QED) is 0.276. The maximum Gasteiger partial charge on any atom is 0.354 e. The van der Waals surface area contributed by atoms with E-state index in [1.165, 1.54) is 7.11 Å². The molecule has 0 aliphatic heterocycles. The van der Waals surface area contributed by atoms with Crippen molar-refractivity contribution in [1.82, 2.24) is 0 Å². The molecular weight excluding hydrogens is 160 g/mol. The average molecular weight is 170 g/mol. The lowest BCUT2D eigenvalue weighted by Gasteiger charge is -2.03. The largest absolute Gasteiger partial charge is 0.479 e. The predicted octanol–water partition coefficient (Wildman–Crippen LogP) is -0.110. The van der Waals surface area contributed by atoms with Crippen molar-refractivity contribution in [3.05, 3.63) is 11.5 Å². The minimum Gasteiger partial charge on any atom is -0.479 e. The summed E-state index contributed by atoms with van der Waals surface area (Å²) in [6.07, 6.45) is 0. The van der Waals surface area contributed by atoms with Crippen molar-refractivity contribution >= 4 is 5.97 Å². The van der Waals surface area contributed by atoms with Gasteiger partial charge in [-0.25, -0.2) is 4.79 Å². The van der Waals surface area contributed by atoms with Gasteiger partial charge in [-0.3, -0.25) is 0 Å². The van der Waals surface area contributed by atoms with Gasteiger partial charge >= 0.3 is 5.97 Å². The Morgan fingerprint density at radius 1 is 1.67 bits per heavy atom. The normalized spacial score (nSPS) is 11.1. The van der Waals surface area contributed by atoms with Gasteiger partial charge in [0.2, 0.25) is 5.88 Å². The maximum atomic E-state index is 10.8. The average Bonchev–Trinajstić information content (AvgIpc) is 2.06. The molecule has 0 spiro atoms. The number of hydrogen-bond acceptors (Lipinski definition) is 5. The highest BCUT2D eigenvalue weighted by molar-refractivity contribution is 5.93. The highest BCUT2D eigenvalue weighted by Gasteiger charge is 2.14. The number of carbonyl (C=O) groups is 1. The first-order chi connectivity index (χ1) is 5.67. The van der Waals surface area contributed by atoms with E-state index in [-0.39, 0.29) is 11.5 Å². The SMILES string of the molecule is CCO/C(N)=C(\C#N)C(=O)OC. The summed E-state index contributed by atoms with van der Waals surface area (Å²) < 4.78 is 9.04. The Labute approximate surface area is 70.4 Å².